The van der Waals surface area contributed by atoms with Crippen molar-refractivity contribution in [3.63, 3.8) is 0 Å². The molecule has 1 aromatic heterocycles. The van der Waals surface area contributed by atoms with Gasteiger partial charge in [-0.15, -0.1) is 0 Å². The van der Waals surface area contributed by atoms with E-state index in [1.54, 1.807) is 6.20 Å². The van der Waals surface area contributed by atoms with Gasteiger partial charge in [-0.05, 0) is 55.0 Å². The zero-order valence-corrected chi connectivity index (χ0v) is 21.0. The maximum absolute atomic E-state index is 12.6. The predicted octanol–water partition coefficient (Wildman–Crippen LogP) is 3.39. The van der Waals surface area contributed by atoms with Crippen molar-refractivity contribution in [1.29, 1.82) is 5.41 Å². The molecule has 0 saturated heterocycles. The zero-order valence-electron chi connectivity index (χ0n) is 20.2. The second-order valence-electron chi connectivity index (χ2n) is 8.20. The summed E-state index contributed by atoms with van der Waals surface area (Å²) in [6.45, 7) is 0.142. The standard InChI is InChI=1S/C20H17F3N4O.C7H6ClNO2/c21-20(22,23)15-7-5-13(6-8-15)19(28)26-18(25)12-27-10-9-16-14(11-24)3-1-2-4-17(16)27;8-5-3-4(7(9)11)1-2-6(5)10/h1,3-11,24H,2,12H2,(H2,25,26,28);1-3,10H,(H2,9,11). The molecule has 1 aliphatic carbocycles. The first kappa shape index (κ1) is 28.9. The minimum atomic E-state index is -4.46. The smallest absolute Gasteiger partial charge is 0.416 e. The summed E-state index contributed by atoms with van der Waals surface area (Å²) in [5.74, 6) is -1.30. The number of phenolic OH excluding ortho intramolecular Hbond substituents is 1. The van der Waals surface area contributed by atoms with Gasteiger partial charge in [0.2, 0.25) is 5.91 Å². The second-order valence-corrected chi connectivity index (χ2v) is 8.61. The minimum Gasteiger partial charge on any atom is -0.506 e. The quantitative estimate of drug-likeness (QED) is 0.281. The maximum Gasteiger partial charge on any atom is 0.416 e. The van der Waals surface area contributed by atoms with Gasteiger partial charge in [0.1, 0.15) is 11.6 Å². The summed E-state index contributed by atoms with van der Waals surface area (Å²) in [5.41, 5.74) is 11.1. The number of nitrogens with one attached hydrogen (secondary N) is 1. The molecule has 1 aliphatic rings. The molecule has 8 nitrogen and oxygen atoms in total. The second kappa shape index (κ2) is 12.3. The van der Waals surface area contributed by atoms with Gasteiger partial charge in [0, 0.05) is 39.7 Å². The Morgan fingerprint density at radius 3 is 2.36 bits per heavy atom. The van der Waals surface area contributed by atoms with E-state index >= 15 is 0 Å². The highest BCUT2D eigenvalue weighted by Crippen LogP contribution is 2.29. The third-order valence-electron chi connectivity index (χ3n) is 5.49. The van der Waals surface area contributed by atoms with Crippen molar-refractivity contribution in [2.45, 2.75) is 19.1 Å². The van der Waals surface area contributed by atoms with Crippen LogP contribution in [0, 0.1) is 5.41 Å². The van der Waals surface area contributed by atoms with Gasteiger partial charge in [0.05, 0.1) is 17.1 Å². The maximum atomic E-state index is 12.6. The van der Waals surface area contributed by atoms with Crippen molar-refractivity contribution in [3.05, 3.63) is 99.2 Å². The van der Waals surface area contributed by atoms with E-state index in [0.29, 0.717) is 6.42 Å². The van der Waals surface area contributed by atoms with Crippen molar-refractivity contribution in [2.24, 2.45) is 16.5 Å². The molecule has 0 unspecified atom stereocenters. The molecule has 202 valence electrons. The minimum absolute atomic E-state index is 0.0254. The third-order valence-corrected chi connectivity index (χ3v) is 5.79. The summed E-state index contributed by atoms with van der Waals surface area (Å²) >= 11 is 5.50. The molecule has 0 spiro atoms. The number of hydrogen-bond donors (Lipinski definition) is 4. The number of nitrogens with two attached hydrogens (primary N) is 2. The van der Waals surface area contributed by atoms with E-state index in [1.165, 1.54) is 24.4 Å². The monoisotopic (exact) mass is 557 g/mol. The Kier molecular flexibility index (Phi) is 9.10. The molecule has 0 atom stereocenters. The number of rotatable bonds is 5. The number of aromatic hydroxyl groups is 1. The lowest BCUT2D eigenvalue weighted by Crippen LogP contribution is -2.34. The summed E-state index contributed by atoms with van der Waals surface area (Å²) in [6.07, 6.45) is 5.07. The van der Waals surface area contributed by atoms with Gasteiger partial charge >= 0.3 is 6.18 Å². The number of phenols is 1. The number of fused-ring (bicyclic) bond motifs is 1. The van der Waals surface area contributed by atoms with Gasteiger partial charge < -0.3 is 26.6 Å². The van der Waals surface area contributed by atoms with Gasteiger partial charge in [-0.25, -0.2) is 0 Å². The molecule has 0 bridgehead atoms. The molecule has 2 amide bonds. The Hall–Kier alpha value is -4.64. The van der Waals surface area contributed by atoms with Crippen molar-refractivity contribution in [3.8, 4) is 5.75 Å². The number of carbonyl (C=O) groups excluding carboxylic acids is 2. The lowest BCUT2D eigenvalue weighted by molar-refractivity contribution is -0.137. The van der Waals surface area contributed by atoms with Crippen LogP contribution < -0.4 is 22.0 Å². The number of halogens is 4. The lowest BCUT2D eigenvalue weighted by atomic mass is 10.1. The Morgan fingerprint density at radius 1 is 1.10 bits per heavy atom. The van der Waals surface area contributed by atoms with Crippen LogP contribution in [0.25, 0.3) is 11.6 Å². The highest BCUT2D eigenvalue weighted by Gasteiger charge is 2.30. The van der Waals surface area contributed by atoms with Crippen LogP contribution in [0.1, 0.15) is 32.7 Å². The molecular formula is C27H23ClF3N5O3. The molecule has 2 aromatic carbocycles. The lowest BCUT2D eigenvalue weighted by Gasteiger charge is -2.07. The molecule has 1 heterocycles. The SMILES string of the molecule is N=CC1=c2ccn(CC(N)=NC(=O)c3ccc(C(F)(F)F)cc3)c2=CCC=C1.NC(=O)c1ccc(O)c(Cl)c1. The molecule has 0 saturated carbocycles. The number of benzene rings is 2. The molecule has 0 radical (unpaired) electrons. The highest BCUT2D eigenvalue weighted by molar-refractivity contribution is 6.32. The topological polar surface area (TPSA) is 148 Å². The Bertz CT molecular complexity index is 1590. The number of alkyl halides is 3. The third kappa shape index (κ3) is 7.45. The number of aliphatic imine (C=N–C) groups is 1. The van der Waals surface area contributed by atoms with Crippen LogP contribution >= 0.6 is 11.6 Å². The van der Waals surface area contributed by atoms with E-state index in [2.05, 4.69) is 4.99 Å². The fraction of sp³-hybridized carbons (Fsp3) is 0.111. The molecule has 0 fully saturated rings. The molecule has 39 heavy (non-hydrogen) atoms. The van der Waals surface area contributed by atoms with E-state index in [1.807, 2.05) is 28.9 Å². The number of amides is 2. The average molecular weight is 558 g/mol. The number of hydrogen-bond acceptors (Lipinski definition) is 4. The van der Waals surface area contributed by atoms with E-state index in [0.717, 1.165) is 40.4 Å². The van der Waals surface area contributed by atoms with Crippen LogP contribution in [0.15, 0.2) is 71.9 Å². The van der Waals surface area contributed by atoms with Crippen LogP contribution in [0.5, 0.6) is 5.75 Å². The first-order chi connectivity index (χ1) is 18.4. The van der Waals surface area contributed by atoms with Gasteiger partial charge in [-0.2, -0.15) is 18.2 Å². The van der Waals surface area contributed by atoms with Crippen LogP contribution in [-0.4, -0.2) is 33.5 Å². The van der Waals surface area contributed by atoms with Crippen LogP contribution in [0.4, 0.5) is 13.2 Å². The molecule has 3 aromatic rings. The van der Waals surface area contributed by atoms with E-state index in [4.69, 9.17) is 33.6 Å². The number of allylic oxidation sites excluding steroid dienone is 2. The van der Waals surface area contributed by atoms with Crippen molar-refractivity contribution < 1.29 is 27.9 Å². The normalized spacial score (nSPS) is 12.9. The molecule has 4 rings (SSSR count). The summed E-state index contributed by atoms with van der Waals surface area (Å²) in [5, 5.41) is 18.3. The molecule has 0 aliphatic heterocycles. The summed E-state index contributed by atoms with van der Waals surface area (Å²) in [7, 11) is 0. The zero-order chi connectivity index (χ0) is 28.7. The van der Waals surface area contributed by atoms with E-state index < -0.39 is 23.6 Å². The van der Waals surface area contributed by atoms with Gasteiger partial charge in [-0.3, -0.25) is 9.59 Å². The fourth-order valence-electron chi connectivity index (χ4n) is 3.55. The molecule has 12 heteroatoms. The first-order valence-corrected chi connectivity index (χ1v) is 11.7. The van der Waals surface area contributed by atoms with Gasteiger partial charge in [0.25, 0.3) is 5.91 Å². The van der Waals surface area contributed by atoms with Crippen LogP contribution in [0.3, 0.4) is 0 Å². The Labute approximate surface area is 225 Å². The Morgan fingerprint density at radius 2 is 1.77 bits per heavy atom. The largest absolute Gasteiger partial charge is 0.506 e. The van der Waals surface area contributed by atoms with E-state index in [9.17, 15) is 22.8 Å². The van der Waals surface area contributed by atoms with Gasteiger partial charge in [-0.1, -0.05) is 29.8 Å². The number of amidine groups is 1. The summed E-state index contributed by atoms with van der Waals surface area (Å²) < 4.78 is 39.6. The summed E-state index contributed by atoms with van der Waals surface area (Å²) in [4.78, 5) is 26.5. The number of nitrogens with zero attached hydrogens (tertiary/aromatic N) is 2. The van der Waals surface area contributed by atoms with Gasteiger partial charge in [0.15, 0.2) is 0 Å². The van der Waals surface area contributed by atoms with Crippen molar-refractivity contribution in [1.82, 2.24) is 4.57 Å². The number of carbonyl (C=O) groups is 2. The van der Waals surface area contributed by atoms with E-state index in [-0.39, 0.29) is 34.3 Å². The highest BCUT2D eigenvalue weighted by atomic mass is 35.5. The fourth-order valence-corrected chi connectivity index (χ4v) is 3.73. The number of primary amides is 1. The predicted molar refractivity (Wildman–Crippen MR) is 143 cm³/mol. The van der Waals surface area contributed by atoms with Crippen LogP contribution in [0.2, 0.25) is 5.02 Å². The average Bonchev–Trinajstić information content (AvgIpc) is 3.14. The molecule has 6 N–H and O–H groups in total. The summed E-state index contributed by atoms with van der Waals surface area (Å²) in [6, 6.07) is 9.73. The molecular weight excluding hydrogens is 535 g/mol. The van der Waals surface area contributed by atoms with Crippen molar-refractivity contribution in [2.75, 3.05) is 0 Å². The number of aromatic nitrogens is 1. The van der Waals surface area contributed by atoms with Crippen molar-refractivity contribution >= 4 is 47.1 Å². The van der Waals surface area contributed by atoms with Crippen LogP contribution in [-0.2, 0) is 12.7 Å². The Balaban J connectivity index is 0.000000320. The first-order valence-electron chi connectivity index (χ1n) is 11.3.